The van der Waals surface area contributed by atoms with Crippen LogP contribution in [-0.2, 0) is 0 Å². The molecule has 0 aliphatic rings. The van der Waals surface area contributed by atoms with Crippen LogP contribution in [0.2, 0.25) is 0 Å². The largest absolute Gasteiger partial charge is 0.398 e. The first-order valence-electron chi connectivity index (χ1n) is 5.38. The van der Waals surface area contributed by atoms with Gasteiger partial charge in [0, 0.05) is 31.4 Å². The van der Waals surface area contributed by atoms with Gasteiger partial charge in [-0.3, -0.25) is 0 Å². The molecule has 0 spiro atoms. The molecule has 0 aliphatic carbocycles. The number of nitrogens with two attached hydrogens (primary N) is 1. The van der Waals surface area contributed by atoms with Crippen molar-refractivity contribution in [2.24, 2.45) is 0 Å². The van der Waals surface area contributed by atoms with Crippen LogP contribution in [0.25, 0.3) is 21.2 Å². The SMILES string of the molecule is Nc1ccc(F)cc1-c1csc2c(Br)cccc12. The van der Waals surface area contributed by atoms with Gasteiger partial charge in [0.05, 0.1) is 0 Å². The molecule has 0 saturated carbocycles. The quantitative estimate of drug-likeness (QED) is 0.623. The summed E-state index contributed by atoms with van der Waals surface area (Å²) in [5.74, 6) is -0.270. The molecular weight excluding hydrogens is 313 g/mol. The Morgan fingerprint density at radius 3 is 2.78 bits per heavy atom. The molecule has 0 radical (unpaired) electrons. The summed E-state index contributed by atoms with van der Waals surface area (Å²) in [6.07, 6.45) is 0. The van der Waals surface area contributed by atoms with E-state index in [-0.39, 0.29) is 5.82 Å². The molecule has 0 fully saturated rings. The minimum Gasteiger partial charge on any atom is -0.398 e. The number of rotatable bonds is 1. The highest BCUT2D eigenvalue weighted by Crippen LogP contribution is 2.39. The maximum Gasteiger partial charge on any atom is 0.123 e. The summed E-state index contributed by atoms with van der Waals surface area (Å²) < 4.78 is 15.6. The fraction of sp³-hybridized carbons (Fsp3) is 0. The standard InChI is InChI=1S/C14H9BrFNS/c15-12-3-1-2-9-11(7-18-14(9)12)10-6-8(16)4-5-13(10)17/h1-7H,17H2. The Morgan fingerprint density at radius 2 is 1.94 bits per heavy atom. The molecule has 0 bridgehead atoms. The lowest BCUT2D eigenvalue weighted by molar-refractivity contribution is 0.628. The van der Waals surface area contributed by atoms with E-state index in [1.807, 2.05) is 23.6 Å². The van der Waals surface area contributed by atoms with Gasteiger partial charge in [0.25, 0.3) is 0 Å². The highest BCUT2D eigenvalue weighted by Gasteiger charge is 2.11. The molecule has 0 amide bonds. The van der Waals surface area contributed by atoms with Crippen molar-refractivity contribution in [2.45, 2.75) is 0 Å². The van der Waals surface area contributed by atoms with Crippen molar-refractivity contribution in [3.8, 4) is 11.1 Å². The normalized spacial score (nSPS) is 11.0. The predicted octanol–water partition coefficient (Wildman–Crippen LogP) is 5.05. The molecule has 0 aliphatic heterocycles. The number of anilines is 1. The minimum atomic E-state index is -0.270. The van der Waals surface area contributed by atoms with Gasteiger partial charge in [-0.15, -0.1) is 11.3 Å². The smallest absolute Gasteiger partial charge is 0.123 e. The maximum atomic E-state index is 13.4. The third kappa shape index (κ3) is 1.82. The van der Waals surface area contributed by atoms with Gasteiger partial charge in [-0.1, -0.05) is 12.1 Å². The average molecular weight is 322 g/mol. The number of halogens is 2. The third-order valence-electron chi connectivity index (χ3n) is 2.86. The number of fused-ring (bicyclic) bond motifs is 1. The number of thiophene rings is 1. The van der Waals surface area contributed by atoms with Gasteiger partial charge >= 0.3 is 0 Å². The highest BCUT2D eigenvalue weighted by molar-refractivity contribution is 9.10. The van der Waals surface area contributed by atoms with Crippen LogP contribution in [0.5, 0.6) is 0 Å². The van der Waals surface area contributed by atoms with Crippen LogP contribution in [0.4, 0.5) is 10.1 Å². The second-order valence-electron chi connectivity index (χ2n) is 4.00. The molecule has 3 rings (SSSR count). The molecule has 3 aromatic rings. The molecule has 0 saturated heterocycles. The van der Waals surface area contributed by atoms with Crippen molar-refractivity contribution in [3.05, 3.63) is 52.1 Å². The van der Waals surface area contributed by atoms with Crippen molar-refractivity contribution < 1.29 is 4.39 Å². The lowest BCUT2D eigenvalue weighted by Crippen LogP contribution is -1.90. The van der Waals surface area contributed by atoms with Crippen molar-refractivity contribution in [3.63, 3.8) is 0 Å². The second kappa shape index (κ2) is 4.37. The van der Waals surface area contributed by atoms with Gasteiger partial charge in [-0.25, -0.2) is 4.39 Å². The highest BCUT2D eigenvalue weighted by atomic mass is 79.9. The Labute approximate surface area is 116 Å². The van der Waals surface area contributed by atoms with Crippen molar-refractivity contribution in [1.29, 1.82) is 0 Å². The lowest BCUT2D eigenvalue weighted by atomic mass is 10.0. The van der Waals surface area contributed by atoms with Crippen molar-refractivity contribution in [1.82, 2.24) is 0 Å². The topological polar surface area (TPSA) is 26.0 Å². The number of hydrogen-bond donors (Lipinski definition) is 1. The van der Waals surface area contributed by atoms with Crippen LogP contribution in [0, 0.1) is 5.82 Å². The van der Waals surface area contributed by atoms with E-state index in [4.69, 9.17) is 5.73 Å². The zero-order valence-electron chi connectivity index (χ0n) is 9.28. The van der Waals surface area contributed by atoms with Gasteiger partial charge in [0.2, 0.25) is 0 Å². The zero-order valence-corrected chi connectivity index (χ0v) is 11.7. The maximum absolute atomic E-state index is 13.4. The van der Waals surface area contributed by atoms with Gasteiger partial charge in [0.1, 0.15) is 5.82 Å². The number of nitrogen functional groups attached to an aromatic ring is 1. The van der Waals surface area contributed by atoms with Crippen molar-refractivity contribution in [2.75, 3.05) is 5.73 Å². The van der Waals surface area contributed by atoms with Crippen LogP contribution in [-0.4, -0.2) is 0 Å². The summed E-state index contributed by atoms with van der Waals surface area (Å²) >= 11 is 5.15. The van der Waals surface area contributed by atoms with Crippen LogP contribution in [0.1, 0.15) is 0 Å². The van der Waals surface area contributed by atoms with E-state index in [2.05, 4.69) is 15.9 Å². The Bertz CT molecular complexity index is 736. The van der Waals surface area contributed by atoms with Gasteiger partial charge < -0.3 is 5.73 Å². The molecule has 4 heteroatoms. The zero-order chi connectivity index (χ0) is 12.7. The Hall–Kier alpha value is -1.39. The molecule has 1 aromatic heterocycles. The van der Waals surface area contributed by atoms with Crippen LogP contribution < -0.4 is 5.73 Å². The molecule has 1 nitrogen and oxygen atoms in total. The Morgan fingerprint density at radius 1 is 1.11 bits per heavy atom. The molecule has 90 valence electrons. The van der Waals surface area contributed by atoms with E-state index in [1.54, 1.807) is 17.4 Å². The summed E-state index contributed by atoms with van der Waals surface area (Å²) in [7, 11) is 0. The first-order valence-corrected chi connectivity index (χ1v) is 7.05. The summed E-state index contributed by atoms with van der Waals surface area (Å²) in [5, 5.41) is 3.10. The fourth-order valence-electron chi connectivity index (χ4n) is 1.99. The summed E-state index contributed by atoms with van der Waals surface area (Å²) in [6.45, 7) is 0. The summed E-state index contributed by atoms with van der Waals surface area (Å²) in [5.41, 5.74) is 8.26. The van der Waals surface area contributed by atoms with Gasteiger partial charge in [-0.2, -0.15) is 0 Å². The molecule has 0 atom stereocenters. The summed E-state index contributed by atoms with van der Waals surface area (Å²) in [6, 6.07) is 10.5. The first-order chi connectivity index (χ1) is 8.66. The van der Waals surface area contributed by atoms with Crippen LogP contribution in [0.3, 0.4) is 0 Å². The van der Waals surface area contributed by atoms with Crippen LogP contribution >= 0.6 is 27.3 Å². The van der Waals surface area contributed by atoms with E-state index in [1.165, 1.54) is 12.1 Å². The lowest BCUT2D eigenvalue weighted by Gasteiger charge is -2.05. The Balaban J connectivity index is 2.32. The monoisotopic (exact) mass is 321 g/mol. The van der Waals surface area contributed by atoms with Gasteiger partial charge in [0.15, 0.2) is 0 Å². The molecular formula is C14H9BrFNS. The Kier molecular flexibility index (Phi) is 2.84. The molecule has 0 unspecified atom stereocenters. The predicted molar refractivity (Wildman–Crippen MR) is 79.3 cm³/mol. The second-order valence-corrected chi connectivity index (χ2v) is 5.73. The molecule has 2 N–H and O–H groups in total. The van der Waals surface area contributed by atoms with Crippen molar-refractivity contribution >= 4 is 43.0 Å². The van der Waals surface area contributed by atoms with E-state index in [0.29, 0.717) is 5.69 Å². The average Bonchev–Trinajstić information content (AvgIpc) is 2.77. The molecule has 2 aromatic carbocycles. The number of hydrogen-bond acceptors (Lipinski definition) is 2. The number of benzene rings is 2. The third-order valence-corrected chi connectivity index (χ3v) is 4.81. The summed E-state index contributed by atoms with van der Waals surface area (Å²) in [4.78, 5) is 0. The molecule has 18 heavy (non-hydrogen) atoms. The van der Waals surface area contributed by atoms with E-state index in [9.17, 15) is 4.39 Å². The first kappa shape index (κ1) is 11.7. The minimum absolute atomic E-state index is 0.270. The van der Waals surface area contributed by atoms with Gasteiger partial charge in [-0.05, 0) is 45.6 Å². The van der Waals surface area contributed by atoms with Crippen LogP contribution in [0.15, 0.2) is 46.3 Å². The van der Waals surface area contributed by atoms with E-state index < -0.39 is 0 Å². The van der Waals surface area contributed by atoms with E-state index in [0.717, 1.165) is 25.7 Å². The van der Waals surface area contributed by atoms with E-state index >= 15 is 0 Å². The molecule has 1 heterocycles. The fourth-order valence-corrected chi connectivity index (χ4v) is 3.61.